The number of alkyl halides is 3. The highest BCUT2D eigenvalue weighted by Gasteiger charge is 2.38. The van der Waals surface area contributed by atoms with Crippen molar-refractivity contribution in [3.8, 4) is 11.6 Å². The first-order chi connectivity index (χ1) is 15.9. The number of ether oxygens (including phenoxy) is 1. The predicted molar refractivity (Wildman–Crippen MR) is 121 cm³/mol. The van der Waals surface area contributed by atoms with Gasteiger partial charge in [0.15, 0.2) is 0 Å². The first-order valence-corrected chi connectivity index (χ1v) is 11.0. The molecule has 186 valence electrons. The molecule has 1 aliphatic heterocycles. The number of pyridine rings is 1. The molecule has 0 spiro atoms. The Morgan fingerprint density at radius 2 is 1.79 bits per heavy atom. The number of benzene rings is 1. The monoisotopic (exact) mass is 501 g/mol. The Morgan fingerprint density at radius 1 is 1.12 bits per heavy atom. The highest BCUT2D eigenvalue weighted by molar-refractivity contribution is 6.31. The number of hydrogen-bond donors (Lipinski definition) is 1. The van der Waals surface area contributed by atoms with Gasteiger partial charge in [0.05, 0.1) is 0 Å². The van der Waals surface area contributed by atoms with Crippen molar-refractivity contribution >= 4 is 23.5 Å². The maximum absolute atomic E-state index is 12.9. The number of hydrogen-bond acceptors (Lipinski definition) is 5. The van der Waals surface area contributed by atoms with E-state index in [0.717, 1.165) is 38.2 Å². The van der Waals surface area contributed by atoms with E-state index in [2.05, 4.69) is 23.7 Å². The minimum absolute atomic E-state index is 0.0432. The molecular weight excluding hydrogens is 475 g/mol. The molecule has 1 amide bonds. The van der Waals surface area contributed by atoms with Crippen LogP contribution in [0.5, 0.6) is 11.6 Å². The van der Waals surface area contributed by atoms with E-state index in [-0.39, 0.29) is 5.91 Å². The molecule has 1 fully saturated rings. The zero-order valence-corrected chi connectivity index (χ0v) is 19.9. The molecule has 3 rings (SSSR count). The number of carbonyl (C=O) groups excluding carboxylic acids is 1. The topological polar surface area (TPSA) is 83.0 Å². The Morgan fingerprint density at radius 3 is 2.38 bits per heavy atom. The number of aliphatic carboxylic acids is 1. The van der Waals surface area contributed by atoms with Gasteiger partial charge in [-0.3, -0.25) is 9.69 Å². The summed E-state index contributed by atoms with van der Waals surface area (Å²) in [7, 11) is 0. The number of aryl methyl sites for hydroxylation is 1. The van der Waals surface area contributed by atoms with Gasteiger partial charge in [-0.25, -0.2) is 9.78 Å². The summed E-state index contributed by atoms with van der Waals surface area (Å²) in [5, 5.41) is 7.82. The van der Waals surface area contributed by atoms with Gasteiger partial charge in [0.25, 0.3) is 5.91 Å². The van der Waals surface area contributed by atoms with Crippen LogP contribution in [0.2, 0.25) is 5.02 Å². The standard InChI is InChI=1S/C21H26ClN3O2.C2HF3O2/c1-15(2)24-10-5-11-25(13-12-24)21(26)19-6-4-7-20(23-19)27-17-8-9-18(22)16(3)14-17;3-2(4,5)1(6)7/h4,6-9,14-15H,5,10-13H2,1-3H3;(H,6,7). The second kappa shape index (κ2) is 12.0. The minimum atomic E-state index is -5.08. The van der Waals surface area contributed by atoms with E-state index >= 15 is 0 Å². The molecule has 2 aromatic rings. The van der Waals surface area contributed by atoms with Crippen molar-refractivity contribution in [1.29, 1.82) is 0 Å². The molecule has 2 heterocycles. The zero-order chi connectivity index (χ0) is 25.5. The van der Waals surface area contributed by atoms with E-state index in [4.69, 9.17) is 26.2 Å². The van der Waals surface area contributed by atoms with Gasteiger partial charge in [0.1, 0.15) is 11.4 Å². The van der Waals surface area contributed by atoms with Gasteiger partial charge in [0.2, 0.25) is 5.88 Å². The lowest BCUT2D eigenvalue weighted by molar-refractivity contribution is -0.192. The largest absolute Gasteiger partial charge is 0.490 e. The highest BCUT2D eigenvalue weighted by Crippen LogP contribution is 2.25. The number of carbonyl (C=O) groups is 2. The number of aromatic nitrogens is 1. The van der Waals surface area contributed by atoms with E-state index in [0.29, 0.717) is 28.4 Å². The number of amides is 1. The van der Waals surface area contributed by atoms with Crippen LogP contribution < -0.4 is 4.74 Å². The van der Waals surface area contributed by atoms with Crippen molar-refractivity contribution in [3.05, 3.63) is 52.7 Å². The lowest BCUT2D eigenvalue weighted by Gasteiger charge is -2.24. The van der Waals surface area contributed by atoms with Crippen molar-refractivity contribution in [2.75, 3.05) is 26.2 Å². The molecule has 1 N–H and O–H groups in total. The number of nitrogens with zero attached hydrogens (tertiary/aromatic N) is 3. The van der Waals surface area contributed by atoms with Gasteiger partial charge in [-0.05, 0) is 57.0 Å². The molecule has 1 saturated heterocycles. The van der Waals surface area contributed by atoms with Crippen molar-refractivity contribution < 1.29 is 32.6 Å². The quantitative estimate of drug-likeness (QED) is 0.633. The lowest BCUT2D eigenvalue weighted by atomic mass is 10.2. The van der Waals surface area contributed by atoms with Crippen LogP contribution in [-0.2, 0) is 4.79 Å². The molecule has 1 aromatic heterocycles. The third-order valence-corrected chi connectivity index (χ3v) is 5.51. The van der Waals surface area contributed by atoms with Crippen LogP contribution >= 0.6 is 11.6 Å². The summed E-state index contributed by atoms with van der Waals surface area (Å²) in [5.74, 6) is -1.75. The molecule has 11 heteroatoms. The van der Waals surface area contributed by atoms with E-state index in [9.17, 15) is 18.0 Å². The summed E-state index contributed by atoms with van der Waals surface area (Å²) in [5.41, 5.74) is 1.34. The summed E-state index contributed by atoms with van der Waals surface area (Å²) < 4.78 is 37.6. The Labute approximate surface area is 201 Å². The first-order valence-electron chi connectivity index (χ1n) is 10.6. The molecule has 7 nitrogen and oxygen atoms in total. The molecule has 0 saturated carbocycles. The van der Waals surface area contributed by atoms with Crippen molar-refractivity contribution in [3.63, 3.8) is 0 Å². The van der Waals surface area contributed by atoms with E-state index in [1.54, 1.807) is 30.3 Å². The lowest BCUT2D eigenvalue weighted by Crippen LogP contribution is -2.37. The molecule has 1 aromatic carbocycles. The Bertz CT molecular complexity index is 1000. The maximum Gasteiger partial charge on any atom is 0.490 e. The van der Waals surface area contributed by atoms with Crippen LogP contribution in [0.25, 0.3) is 0 Å². The summed E-state index contributed by atoms with van der Waals surface area (Å²) in [6.07, 6.45) is -4.11. The molecular formula is C23H27ClF3N3O4. The van der Waals surface area contributed by atoms with E-state index < -0.39 is 12.1 Å². The van der Waals surface area contributed by atoms with Crippen molar-refractivity contribution in [1.82, 2.24) is 14.8 Å². The average Bonchev–Trinajstić information content (AvgIpc) is 3.02. The second-order valence-corrected chi connectivity index (χ2v) is 8.36. The minimum Gasteiger partial charge on any atom is -0.475 e. The number of rotatable bonds is 4. The molecule has 1 aliphatic rings. The first kappa shape index (κ1) is 27.4. The number of carboxylic acid groups (broad SMARTS) is 1. The molecule has 0 bridgehead atoms. The van der Waals surface area contributed by atoms with Gasteiger partial charge < -0.3 is 14.7 Å². The van der Waals surface area contributed by atoms with Gasteiger partial charge in [-0.1, -0.05) is 17.7 Å². The Hall–Kier alpha value is -2.85. The molecule has 0 atom stereocenters. The number of halogens is 4. The van der Waals surface area contributed by atoms with Gasteiger partial charge in [-0.2, -0.15) is 13.2 Å². The van der Waals surface area contributed by atoms with Crippen LogP contribution in [0, 0.1) is 6.92 Å². The third-order valence-electron chi connectivity index (χ3n) is 5.08. The highest BCUT2D eigenvalue weighted by atomic mass is 35.5. The fourth-order valence-electron chi connectivity index (χ4n) is 3.21. The van der Waals surface area contributed by atoms with Crippen LogP contribution in [0.15, 0.2) is 36.4 Å². The smallest absolute Gasteiger partial charge is 0.475 e. The van der Waals surface area contributed by atoms with E-state index in [1.165, 1.54) is 0 Å². The van der Waals surface area contributed by atoms with Crippen molar-refractivity contribution in [2.24, 2.45) is 0 Å². The van der Waals surface area contributed by atoms with Crippen LogP contribution in [0.1, 0.15) is 36.3 Å². The summed E-state index contributed by atoms with van der Waals surface area (Å²) >= 11 is 6.05. The fourth-order valence-corrected chi connectivity index (χ4v) is 3.33. The van der Waals surface area contributed by atoms with Crippen LogP contribution in [0.3, 0.4) is 0 Å². The van der Waals surface area contributed by atoms with Crippen LogP contribution in [0.4, 0.5) is 13.2 Å². The Balaban J connectivity index is 0.000000509. The SMILES string of the molecule is Cc1cc(Oc2cccc(C(=O)N3CCCN(C(C)C)CC3)n2)ccc1Cl.O=C(O)C(F)(F)F. The van der Waals surface area contributed by atoms with Gasteiger partial charge >= 0.3 is 12.1 Å². The van der Waals surface area contributed by atoms with Crippen LogP contribution in [-0.4, -0.2) is 70.2 Å². The molecule has 0 unspecified atom stereocenters. The van der Waals surface area contributed by atoms with E-state index in [1.807, 2.05) is 17.9 Å². The predicted octanol–water partition coefficient (Wildman–Crippen LogP) is 5.03. The normalized spacial score (nSPS) is 14.8. The zero-order valence-electron chi connectivity index (χ0n) is 19.1. The molecule has 0 aliphatic carbocycles. The molecule has 34 heavy (non-hydrogen) atoms. The summed E-state index contributed by atoms with van der Waals surface area (Å²) in [6, 6.07) is 11.2. The van der Waals surface area contributed by atoms with Crippen molar-refractivity contribution in [2.45, 2.75) is 39.4 Å². The summed E-state index contributed by atoms with van der Waals surface area (Å²) in [4.78, 5) is 30.5. The third kappa shape index (κ3) is 8.18. The molecule has 0 radical (unpaired) electrons. The summed E-state index contributed by atoms with van der Waals surface area (Å²) in [6.45, 7) is 9.70. The van der Waals surface area contributed by atoms with Gasteiger partial charge in [0, 0.05) is 43.3 Å². The van der Waals surface area contributed by atoms with Gasteiger partial charge in [-0.15, -0.1) is 0 Å². The maximum atomic E-state index is 12.9. The number of carboxylic acids is 1. The second-order valence-electron chi connectivity index (χ2n) is 7.95. The fraction of sp³-hybridized carbons (Fsp3) is 0.435. The Kier molecular flexibility index (Phi) is 9.69. The average molecular weight is 502 g/mol.